The molecule has 4 rings (SSSR count). The Morgan fingerprint density at radius 1 is 1.14 bits per heavy atom. The Balaban J connectivity index is 1.54. The number of rotatable bonds is 6. The second-order valence-electron chi connectivity index (χ2n) is 6.95. The highest BCUT2D eigenvalue weighted by Crippen LogP contribution is 2.33. The molecule has 3 aromatic rings. The van der Waals surface area contributed by atoms with Crippen molar-refractivity contribution in [1.82, 2.24) is 9.88 Å². The molecule has 1 N–H and O–H groups in total. The summed E-state index contributed by atoms with van der Waals surface area (Å²) in [6.07, 6.45) is 2.53. The van der Waals surface area contributed by atoms with Crippen LogP contribution in [0.5, 0.6) is 5.75 Å². The minimum atomic E-state index is -0.00865. The summed E-state index contributed by atoms with van der Waals surface area (Å²) >= 11 is 0. The van der Waals surface area contributed by atoms with Crippen molar-refractivity contribution in [2.24, 2.45) is 4.99 Å². The van der Waals surface area contributed by atoms with Crippen molar-refractivity contribution < 1.29 is 9.53 Å². The zero-order valence-corrected chi connectivity index (χ0v) is 16.1. The molecule has 1 aromatic heterocycles. The molecule has 0 atom stereocenters. The Morgan fingerprint density at radius 2 is 1.89 bits per heavy atom. The molecule has 5 heteroatoms. The van der Waals surface area contributed by atoms with Gasteiger partial charge in [0.2, 0.25) is 0 Å². The molecule has 0 spiro atoms. The van der Waals surface area contributed by atoms with Crippen molar-refractivity contribution >= 4 is 17.8 Å². The molecule has 2 heterocycles. The van der Waals surface area contributed by atoms with Crippen LogP contribution < -0.4 is 4.74 Å². The Kier molecular flexibility index (Phi) is 4.98. The van der Waals surface area contributed by atoms with Crippen LogP contribution in [-0.2, 0) is 19.6 Å². The predicted octanol–water partition coefficient (Wildman–Crippen LogP) is 4.49. The monoisotopic (exact) mass is 373 g/mol. The molecule has 2 aromatic carbocycles. The molecule has 0 fully saturated rings. The number of nitrogens with one attached hydrogen (secondary N) is 1. The van der Waals surface area contributed by atoms with E-state index in [4.69, 9.17) is 4.74 Å². The van der Waals surface area contributed by atoms with Gasteiger partial charge in [-0.25, -0.2) is 4.99 Å². The summed E-state index contributed by atoms with van der Waals surface area (Å²) < 4.78 is 5.82. The number of H-pyrrole nitrogens is 1. The van der Waals surface area contributed by atoms with E-state index >= 15 is 0 Å². The lowest BCUT2D eigenvalue weighted by Crippen LogP contribution is -2.18. The number of nitrogens with zero attached hydrogens (tertiary/aromatic N) is 2. The zero-order valence-electron chi connectivity index (χ0n) is 16.1. The maximum Gasteiger partial charge on any atom is 0.197 e. The van der Waals surface area contributed by atoms with E-state index in [0.717, 1.165) is 41.4 Å². The third-order valence-corrected chi connectivity index (χ3v) is 4.86. The molecule has 0 unspecified atom stereocenters. The van der Waals surface area contributed by atoms with Crippen molar-refractivity contribution in [2.75, 3.05) is 7.05 Å². The molecular formula is C23H23N3O2. The van der Waals surface area contributed by atoms with Crippen molar-refractivity contribution in [3.63, 3.8) is 0 Å². The molecule has 0 saturated heterocycles. The molecule has 0 radical (unpaired) electrons. The molecule has 142 valence electrons. The number of carbonyl (C=O) groups excluding carboxylic acids is 1. The quantitative estimate of drug-likeness (QED) is 0.648. The first-order chi connectivity index (χ1) is 13.7. The minimum Gasteiger partial charge on any atom is -0.489 e. The molecule has 0 aliphatic carbocycles. The van der Waals surface area contributed by atoms with Crippen LogP contribution in [0.15, 0.2) is 59.6 Å². The first kappa shape index (κ1) is 18.0. The Morgan fingerprint density at radius 3 is 2.61 bits per heavy atom. The van der Waals surface area contributed by atoms with Gasteiger partial charge in [0.1, 0.15) is 12.4 Å². The maximum atomic E-state index is 13.2. The molecule has 0 saturated carbocycles. The van der Waals surface area contributed by atoms with Gasteiger partial charge in [-0.1, -0.05) is 37.3 Å². The number of aromatic amines is 1. The van der Waals surface area contributed by atoms with Gasteiger partial charge in [-0.05, 0) is 36.2 Å². The average molecular weight is 373 g/mol. The normalized spacial score (nSPS) is 12.7. The smallest absolute Gasteiger partial charge is 0.197 e. The summed E-state index contributed by atoms with van der Waals surface area (Å²) in [5.41, 5.74) is 5.12. The van der Waals surface area contributed by atoms with Crippen molar-refractivity contribution in [2.45, 2.75) is 26.5 Å². The van der Waals surface area contributed by atoms with E-state index in [2.05, 4.69) is 9.98 Å². The largest absolute Gasteiger partial charge is 0.489 e. The van der Waals surface area contributed by atoms with Crippen molar-refractivity contribution in [3.8, 4) is 5.75 Å². The molecule has 5 nitrogen and oxygen atoms in total. The van der Waals surface area contributed by atoms with Gasteiger partial charge in [-0.2, -0.15) is 0 Å². The molecule has 28 heavy (non-hydrogen) atoms. The number of benzene rings is 2. The SMILES string of the molecule is CCc1[nH]c2c(c1C(=O)c1ccc(OCc3ccccc3)cc1)N=CN(C)C2. The number of hydrogen-bond donors (Lipinski definition) is 1. The highest BCUT2D eigenvalue weighted by Gasteiger charge is 2.25. The number of ketones is 1. The summed E-state index contributed by atoms with van der Waals surface area (Å²) in [4.78, 5) is 23.1. The van der Waals surface area contributed by atoms with E-state index in [0.29, 0.717) is 17.7 Å². The highest BCUT2D eigenvalue weighted by atomic mass is 16.5. The lowest BCUT2D eigenvalue weighted by molar-refractivity contribution is 0.103. The third kappa shape index (κ3) is 3.56. The lowest BCUT2D eigenvalue weighted by Gasteiger charge is -2.17. The van der Waals surface area contributed by atoms with Gasteiger partial charge in [-0.15, -0.1) is 0 Å². The number of aliphatic imine (C=N–C) groups is 1. The van der Waals surface area contributed by atoms with Crippen LogP contribution in [0, 0.1) is 0 Å². The van der Waals surface area contributed by atoms with E-state index in [1.54, 1.807) is 6.34 Å². The van der Waals surface area contributed by atoms with Gasteiger partial charge >= 0.3 is 0 Å². The van der Waals surface area contributed by atoms with Gasteiger partial charge < -0.3 is 14.6 Å². The number of carbonyl (C=O) groups is 1. The molecule has 0 bridgehead atoms. The van der Waals surface area contributed by atoms with E-state index in [-0.39, 0.29) is 5.78 Å². The summed E-state index contributed by atoms with van der Waals surface area (Å²) in [6.45, 7) is 3.27. The Labute approximate surface area is 164 Å². The van der Waals surface area contributed by atoms with E-state index in [1.165, 1.54) is 0 Å². The fraction of sp³-hybridized carbons (Fsp3) is 0.217. The molecule has 1 aliphatic rings. The van der Waals surface area contributed by atoms with Crippen molar-refractivity contribution in [3.05, 3.63) is 82.7 Å². The van der Waals surface area contributed by atoms with Crippen LogP contribution >= 0.6 is 0 Å². The molecule has 0 amide bonds. The summed E-state index contributed by atoms with van der Waals surface area (Å²) in [5, 5.41) is 0. The van der Waals surface area contributed by atoms with Crippen LogP contribution in [0.2, 0.25) is 0 Å². The van der Waals surface area contributed by atoms with E-state index in [1.807, 2.05) is 73.5 Å². The zero-order chi connectivity index (χ0) is 19.5. The summed E-state index contributed by atoms with van der Waals surface area (Å²) in [5.74, 6) is 0.734. The third-order valence-electron chi connectivity index (χ3n) is 4.86. The Hall–Kier alpha value is -3.34. The number of aromatic nitrogens is 1. The second kappa shape index (κ2) is 7.72. The summed E-state index contributed by atoms with van der Waals surface area (Å²) in [6, 6.07) is 17.3. The van der Waals surface area contributed by atoms with Crippen LogP contribution in [0.3, 0.4) is 0 Å². The predicted molar refractivity (Wildman–Crippen MR) is 110 cm³/mol. The van der Waals surface area contributed by atoms with Gasteiger partial charge in [-0.3, -0.25) is 4.79 Å². The minimum absolute atomic E-state index is 0.00865. The van der Waals surface area contributed by atoms with E-state index < -0.39 is 0 Å². The number of aryl methyl sites for hydroxylation is 1. The fourth-order valence-electron chi connectivity index (χ4n) is 3.40. The van der Waals surface area contributed by atoms with Gasteiger partial charge in [0.25, 0.3) is 0 Å². The van der Waals surface area contributed by atoms with E-state index in [9.17, 15) is 4.79 Å². The second-order valence-corrected chi connectivity index (χ2v) is 6.95. The molecule has 1 aliphatic heterocycles. The standard InChI is InChI=1S/C23H23N3O2/c1-3-19-21(22-20(25-19)13-26(2)15-24-22)23(27)17-9-11-18(12-10-17)28-14-16-7-5-4-6-8-16/h4-12,15,25H,3,13-14H2,1-2H3. The topological polar surface area (TPSA) is 57.7 Å². The highest BCUT2D eigenvalue weighted by molar-refractivity contribution is 6.13. The molecular weight excluding hydrogens is 350 g/mol. The average Bonchev–Trinajstić information content (AvgIpc) is 3.10. The first-order valence-electron chi connectivity index (χ1n) is 9.45. The van der Waals surface area contributed by atoms with Crippen LogP contribution in [0.25, 0.3) is 0 Å². The number of hydrogen-bond acceptors (Lipinski definition) is 4. The number of ether oxygens (including phenoxy) is 1. The van der Waals surface area contributed by atoms with Gasteiger partial charge in [0, 0.05) is 18.3 Å². The van der Waals surface area contributed by atoms with Crippen LogP contribution in [-0.4, -0.2) is 29.1 Å². The fourth-order valence-corrected chi connectivity index (χ4v) is 3.40. The summed E-state index contributed by atoms with van der Waals surface area (Å²) in [7, 11) is 1.97. The number of fused-ring (bicyclic) bond motifs is 1. The van der Waals surface area contributed by atoms with Crippen molar-refractivity contribution in [1.29, 1.82) is 0 Å². The van der Waals surface area contributed by atoms with Gasteiger partial charge in [0.05, 0.1) is 29.8 Å². The maximum absolute atomic E-state index is 13.2. The van der Waals surface area contributed by atoms with Crippen LogP contribution in [0.1, 0.15) is 39.8 Å². The lowest BCUT2D eigenvalue weighted by atomic mass is 10.0. The van der Waals surface area contributed by atoms with Gasteiger partial charge in [0.15, 0.2) is 5.78 Å². The van der Waals surface area contributed by atoms with Crippen LogP contribution in [0.4, 0.5) is 5.69 Å². The Bertz CT molecular complexity index is 1000. The first-order valence-corrected chi connectivity index (χ1v) is 9.45.